The molecule has 0 N–H and O–H groups in total. The van der Waals surface area contributed by atoms with Crippen LogP contribution in [-0.4, -0.2) is 41.9 Å². The Morgan fingerprint density at radius 1 is 1.47 bits per heavy atom. The van der Waals surface area contributed by atoms with Gasteiger partial charge in [-0.25, -0.2) is 0 Å². The number of carbonyl (C=O) groups excluding carboxylic acids is 2. The molecule has 0 aromatic carbocycles. The number of aryl methyl sites for hydroxylation is 1. The standard InChI is InChI=1S/C14H17NO3S/c1-10-7-11(19-9-10)13(17)15-5-4-14(12(16)8-15)3-2-6-18-14/h7,9H,2-6,8H2,1H3. The second-order valence-electron chi connectivity index (χ2n) is 5.33. The zero-order valence-electron chi connectivity index (χ0n) is 11.0. The van der Waals surface area contributed by atoms with E-state index in [1.165, 1.54) is 11.3 Å². The summed E-state index contributed by atoms with van der Waals surface area (Å²) in [6, 6.07) is 1.88. The van der Waals surface area contributed by atoms with Gasteiger partial charge < -0.3 is 9.64 Å². The van der Waals surface area contributed by atoms with E-state index in [-0.39, 0.29) is 18.2 Å². The van der Waals surface area contributed by atoms with E-state index in [2.05, 4.69) is 0 Å². The Kier molecular flexibility index (Phi) is 3.19. The highest BCUT2D eigenvalue weighted by Gasteiger charge is 2.46. The van der Waals surface area contributed by atoms with E-state index in [1.807, 2.05) is 18.4 Å². The number of likely N-dealkylation sites (tertiary alicyclic amines) is 1. The Hall–Kier alpha value is -1.20. The maximum Gasteiger partial charge on any atom is 0.264 e. The highest BCUT2D eigenvalue weighted by molar-refractivity contribution is 7.12. The molecule has 2 aliphatic heterocycles. The monoisotopic (exact) mass is 279 g/mol. The first-order valence-corrected chi connectivity index (χ1v) is 7.50. The van der Waals surface area contributed by atoms with E-state index < -0.39 is 5.60 Å². The summed E-state index contributed by atoms with van der Waals surface area (Å²) in [5.74, 6) is 0.0391. The fraction of sp³-hybridized carbons (Fsp3) is 0.571. The van der Waals surface area contributed by atoms with Crippen LogP contribution in [0.15, 0.2) is 11.4 Å². The summed E-state index contributed by atoms with van der Waals surface area (Å²) >= 11 is 1.44. The maximum absolute atomic E-state index is 12.3. The molecular formula is C14H17NO3S. The summed E-state index contributed by atoms with van der Waals surface area (Å²) in [6.45, 7) is 3.44. The van der Waals surface area contributed by atoms with Crippen LogP contribution in [0.1, 0.15) is 34.5 Å². The highest BCUT2D eigenvalue weighted by Crippen LogP contribution is 2.34. The van der Waals surface area contributed by atoms with Crippen LogP contribution in [-0.2, 0) is 9.53 Å². The summed E-state index contributed by atoms with van der Waals surface area (Å²) in [5, 5.41) is 1.96. The predicted octanol–water partition coefficient (Wildman–Crippen LogP) is 2.02. The van der Waals surface area contributed by atoms with Crippen molar-refractivity contribution in [3.63, 3.8) is 0 Å². The summed E-state index contributed by atoms with van der Waals surface area (Å²) in [5.41, 5.74) is 0.509. The minimum absolute atomic E-state index is 0.0284. The Balaban J connectivity index is 1.72. The Morgan fingerprint density at radius 2 is 2.32 bits per heavy atom. The molecule has 1 amide bonds. The predicted molar refractivity (Wildman–Crippen MR) is 72.5 cm³/mol. The lowest BCUT2D eigenvalue weighted by Gasteiger charge is -2.36. The zero-order valence-corrected chi connectivity index (χ0v) is 11.8. The molecule has 1 aromatic heterocycles. The lowest BCUT2D eigenvalue weighted by molar-refractivity contribution is -0.144. The van der Waals surface area contributed by atoms with Gasteiger partial charge in [0.15, 0.2) is 5.78 Å². The van der Waals surface area contributed by atoms with Crippen LogP contribution in [0.2, 0.25) is 0 Å². The molecule has 0 radical (unpaired) electrons. The van der Waals surface area contributed by atoms with Gasteiger partial charge >= 0.3 is 0 Å². The molecule has 4 nitrogen and oxygen atoms in total. The molecule has 1 aromatic rings. The molecule has 3 rings (SSSR count). The van der Waals surface area contributed by atoms with Gasteiger partial charge in [-0.2, -0.15) is 0 Å². The van der Waals surface area contributed by atoms with Gasteiger partial charge in [0, 0.05) is 19.6 Å². The normalized spacial score (nSPS) is 27.2. The molecule has 1 atom stereocenters. The second kappa shape index (κ2) is 4.72. The van der Waals surface area contributed by atoms with Gasteiger partial charge in [-0.05, 0) is 36.8 Å². The van der Waals surface area contributed by atoms with E-state index in [9.17, 15) is 9.59 Å². The average molecular weight is 279 g/mol. The molecule has 2 saturated heterocycles. The number of thiophene rings is 1. The van der Waals surface area contributed by atoms with E-state index in [1.54, 1.807) is 4.90 Å². The largest absolute Gasteiger partial charge is 0.367 e. The van der Waals surface area contributed by atoms with E-state index in [0.717, 1.165) is 18.4 Å². The van der Waals surface area contributed by atoms with Crippen LogP contribution in [0.5, 0.6) is 0 Å². The third-order valence-corrected chi connectivity index (χ3v) is 5.00. The van der Waals surface area contributed by atoms with Crippen molar-refractivity contribution < 1.29 is 14.3 Å². The van der Waals surface area contributed by atoms with Crippen LogP contribution in [0.25, 0.3) is 0 Å². The average Bonchev–Trinajstić information content (AvgIpc) is 3.02. The molecule has 2 fully saturated rings. The van der Waals surface area contributed by atoms with E-state index in [0.29, 0.717) is 24.4 Å². The first-order chi connectivity index (χ1) is 9.11. The van der Waals surface area contributed by atoms with Crippen molar-refractivity contribution in [2.75, 3.05) is 19.7 Å². The lowest BCUT2D eigenvalue weighted by Crippen LogP contribution is -2.53. The summed E-state index contributed by atoms with van der Waals surface area (Å²) in [6.07, 6.45) is 2.40. The molecule has 1 spiro atoms. The maximum atomic E-state index is 12.3. The Labute approximate surface area is 116 Å². The molecule has 0 aliphatic carbocycles. The topological polar surface area (TPSA) is 46.6 Å². The number of amides is 1. The van der Waals surface area contributed by atoms with Gasteiger partial charge in [0.25, 0.3) is 5.91 Å². The first kappa shape index (κ1) is 12.8. The summed E-state index contributed by atoms with van der Waals surface area (Å²) in [4.78, 5) is 26.9. The number of nitrogens with zero attached hydrogens (tertiary/aromatic N) is 1. The number of carbonyl (C=O) groups is 2. The molecule has 19 heavy (non-hydrogen) atoms. The Bertz CT molecular complexity index is 517. The zero-order chi connectivity index (χ0) is 13.5. The molecule has 102 valence electrons. The van der Waals surface area contributed by atoms with Gasteiger partial charge in [0.2, 0.25) is 0 Å². The van der Waals surface area contributed by atoms with Crippen molar-refractivity contribution in [2.45, 2.75) is 31.8 Å². The number of hydrogen-bond acceptors (Lipinski definition) is 4. The van der Waals surface area contributed by atoms with Gasteiger partial charge in [0.1, 0.15) is 5.60 Å². The SMILES string of the molecule is Cc1csc(C(=O)N2CCC3(CCCO3)C(=O)C2)c1. The lowest BCUT2D eigenvalue weighted by atomic mass is 9.87. The quantitative estimate of drug-likeness (QED) is 0.790. The minimum atomic E-state index is -0.581. The summed E-state index contributed by atoms with van der Waals surface area (Å²) < 4.78 is 5.65. The molecule has 0 bridgehead atoms. The van der Waals surface area contributed by atoms with Crippen molar-refractivity contribution in [3.8, 4) is 0 Å². The molecular weight excluding hydrogens is 262 g/mol. The van der Waals surface area contributed by atoms with Crippen molar-refractivity contribution in [1.82, 2.24) is 4.90 Å². The number of hydrogen-bond donors (Lipinski definition) is 0. The van der Waals surface area contributed by atoms with Crippen molar-refractivity contribution in [1.29, 1.82) is 0 Å². The second-order valence-corrected chi connectivity index (χ2v) is 6.25. The third kappa shape index (κ3) is 2.21. The summed E-state index contributed by atoms with van der Waals surface area (Å²) in [7, 11) is 0. The van der Waals surface area contributed by atoms with Crippen molar-refractivity contribution in [2.24, 2.45) is 0 Å². The van der Waals surface area contributed by atoms with Crippen molar-refractivity contribution >= 4 is 23.0 Å². The fourth-order valence-electron chi connectivity index (χ4n) is 2.84. The van der Waals surface area contributed by atoms with Gasteiger partial charge in [-0.3, -0.25) is 9.59 Å². The fourth-order valence-corrected chi connectivity index (χ4v) is 3.70. The molecule has 5 heteroatoms. The highest BCUT2D eigenvalue weighted by atomic mass is 32.1. The van der Waals surface area contributed by atoms with E-state index in [4.69, 9.17) is 4.74 Å². The van der Waals surface area contributed by atoms with Crippen LogP contribution in [0, 0.1) is 6.92 Å². The van der Waals surface area contributed by atoms with Gasteiger partial charge in [-0.15, -0.1) is 11.3 Å². The number of ketones is 1. The smallest absolute Gasteiger partial charge is 0.264 e. The first-order valence-electron chi connectivity index (χ1n) is 6.62. The molecule has 2 aliphatic rings. The Morgan fingerprint density at radius 3 is 2.89 bits per heavy atom. The number of rotatable bonds is 1. The van der Waals surface area contributed by atoms with Crippen molar-refractivity contribution in [3.05, 3.63) is 21.9 Å². The van der Waals surface area contributed by atoms with Gasteiger partial charge in [-0.1, -0.05) is 0 Å². The number of piperidine rings is 1. The number of ether oxygens (including phenoxy) is 1. The van der Waals surface area contributed by atoms with Crippen LogP contribution in [0.3, 0.4) is 0 Å². The number of Topliss-reactive ketones (excluding diaryl/α,β-unsaturated/α-hetero) is 1. The minimum Gasteiger partial charge on any atom is -0.367 e. The van der Waals surface area contributed by atoms with Crippen LogP contribution < -0.4 is 0 Å². The molecule has 1 unspecified atom stereocenters. The van der Waals surface area contributed by atoms with Crippen LogP contribution in [0.4, 0.5) is 0 Å². The molecule has 3 heterocycles. The molecule has 0 saturated carbocycles. The van der Waals surface area contributed by atoms with Gasteiger partial charge in [0.05, 0.1) is 11.4 Å². The van der Waals surface area contributed by atoms with E-state index >= 15 is 0 Å². The third-order valence-electron chi connectivity index (χ3n) is 3.96. The van der Waals surface area contributed by atoms with Crippen LogP contribution >= 0.6 is 11.3 Å².